The van der Waals surface area contributed by atoms with Gasteiger partial charge in [-0.25, -0.2) is 0 Å². The first-order valence-corrected chi connectivity index (χ1v) is 4.84. The smallest absolute Gasteiger partial charge is 0.313 e. The van der Waals surface area contributed by atoms with Gasteiger partial charge >= 0.3 is 5.97 Å². The van der Waals surface area contributed by atoms with Gasteiger partial charge in [0, 0.05) is 0 Å². The third-order valence-electron chi connectivity index (χ3n) is 1.95. The van der Waals surface area contributed by atoms with Gasteiger partial charge in [-0.15, -0.1) is 0 Å². The fourth-order valence-electron chi connectivity index (χ4n) is 1.07. The monoisotopic (exact) mass is 206 g/mol. The topological polar surface area (TPSA) is 43.4 Å². The average Bonchev–Trinajstić information content (AvgIpc) is 2.18. The molecule has 0 saturated heterocycles. The molecule has 80 valence electrons. The minimum Gasteiger partial charge on any atom is -0.426 e. The summed E-state index contributed by atoms with van der Waals surface area (Å²) in [6.45, 7) is 4.94. The Kier molecular flexibility index (Phi) is 3.61. The summed E-state index contributed by atoms with van der Waals surface area (Å²) in [5.74, 6) is -0.306. The van der Waals surface area contributed by atoms with E-state index in [1.807, 2.05) is 0 Å². The highest BCUT2D eigenvalue weighted by Gasteiger charge is 2.13. The van der Waals surface area contributed by atoms with Crippen molar-refractivity contribution in [3.05, 3.63) is 29.8 Å². The number of carbonyl (C=O) groups excluding carboxylic acids is 2. The molecule has 0 spiro atoms. The number of Topliss-reactive ketones (excluding diaryl/α,β-unsaturated/α-hetero) is 1. The second kappa shape index (κ2) is 4.73. The molecular formula is C12H14O3. The Morgan fingerprint density at radius 2 is 1.80 bits per heavy atom. The Hall–Kier alpha value is -1.64. The van der Waals surface area contributed by atoms with E-state index in [9.17, 15) is 9.59 Å². The first-order valence-electron chi connectivity index (χ1n) is 4.84. The summed E-state index contributed by atoms with van der Waals surface area (Å²) < 4.78 is 5.11. The number of ketones is 1. The maximum atomic E-state index is 11.4. The molecule has 15 heavy (non-hydrogen) atoms. The Morgan fingerprint density at radius 1 is 1.20 bits per heavy atom. The Morgan fingerprint density at radius 3 is 2.33 bits per heavy atom. The number of benzene rings is 1. The first kappa shape index (κ1) is 11.4. The van der Waals surface area contributed by atoms with E-state index in [1.165, 1.54) is 6.92 Å². The van der Waals surface area contributed by atoms with E-state index < -0.39 is 0 Å². The minimum atomic E-state index is -0.330. The van der Waals surface area contributed by atoms with E-state index in [-0.39, 0.29) is 17.7 Å². The second-order valence-corrected chi connectivity index (χ2v) is 3.63. The van der Waals surface area contributed by atoms with E-state index in [1.54, 1.807) is 38.1 Å². The molecule has 0 heterocycles. The first-order chi connectivity index (χ1) is 7.02. The summed E-state index contributed by atoms with van der Waals surface area (Å²) in [7, 11) is 0. The maximum absolute atomic E-state index is 11.4. The van der Waals surface area contributed by atoms with Crippen molar-refractivity contribution >= 4 is 11.8 Å². The highest BCUT2D eigenvalue weighted by Crippen LogP contribution is 2.19. The van der Waals surface area contributed by atoms with Gasteiger partial charge in [0.25, 0.3) is 0 Å². The van der Waals surface area contributed by atoms with Crippen molar-refractivity contribution in [3.8, 4) is 5.75 Å². The quantitative estimate of drug-likeness (QED) is 0.433. The van der Waals surface area contributed by atoms with Crippen LogP contribution in [0.5, 0.6) is 5.75 Å². The molecular weight excluding hydrogens is 192 g/mol. The fourth-order valence-corrected chi connectivity index (χ4v) is 1.07. The predicted molar refractivity (Wildman–Crippen MR) is 56.9 cm³/mol. The zero-order valence-electron chi connectivity index (χ0n) is 9.11. The van der Waals surface area contributed by atoms with Crippen molar-refractivity contribution in [1.29, 1.82) is 0 Å². The van der Waals surface area contributed by atoms with E-state index in [0.717, 1.165) is 0 Å². The van der Waals surface area contributed by atoms with Gasteiger partial charge in [-0.3, -0.25) is 9.59 Å². The fraction of sp³-hybridized carbons (Fsp3) is 0.333. The van der Waals surface area contributed by atoms with Crippen molar-refractivity contribution in [2.75, 3.05) is 0 Å². The Bertz CT molecular complexity index is 380. The van der Waals surface area contributed by atoms with Gasteiger partial charge in [-0.1, -0.05) is 26.0 Å². The molecule has 0 radical (unpaired) electrons. The number of rotatable bonds is 3. The molecule has 0 N–H and O–H groups in total. The summed E-state index contributed by atoms with van der Waals surface area (Å²) in [6, 6.07) is 6.74. The molecule has 0 atom stereocenters. The van der Waals surface area contributed by atoms with E-state index in [0.29, 0.717) is 11.3 Å². The molecule has 0 fully saturated rings. The average molecular weight is 206 g/mol. The highest BCUT2D eigenvalue weighted by atomic mass is 16.5. The Balaban J connectivity index is 2.94. The van der Waals surface area contributed by atoms with Crippen LogP contribution in [0.2, 0.25) is 0 Å². The summed E-state index contributed by atoms with van der Waals surface area (Å²) in [5, 5.41) is 0. The van der Waals surface area contributed by atoms with E-state index in [2.05, 4.69) is 0 Å². The molecule has 0 bridgehead atoms. The summed E-state index contributed by atoms with van der Waals surface area (Å²) >= 11 is 0. The minimum absolute atomic E-state index is 0.109. The maximum Gasteiger partial charge on any atom is 0.313 e. The molecule has 3 heteroatoms. The van der Waals surface area contributed by atoms with Crippen LogP contribution in [0.15, 0.2) is 24.3 Å². The van der Waals surface area contributed by atoms with E-state index >= 15 is 0 Å². The van der Waals surface area contributed by atoms with Crippen LogP contribution in [0.25, 0.3) is 0 Å². The molecule has 0 aliphatic carbocycles. The SMILES string of the molecule is CC(=O)c1ccccc1OC(=O)C(C)C. The molecule has 1 rings (SSSR count). The number of esters is 1. The van der Waals surface area contributed by atoms with Gasteiger partial charge in [0.15, 0.2) is 5.78 Å². The standard InChI is InChI=1S/C12H14O3/c1-8(2)12(14)15-11-7-5-4-6-10(11)9(3)13/h4-8H,1-3H3. The molecule has 0 aromatic heterocycles. The summed E-state index contributed by atoms with van der Waals surface area (Å²) in [4.78, 5) is 22.6. The number of hydrogen-bond acceptors (Lipinski definition) is 3. The lowest BCUT2D eigenvalue weighted by Gasteiger charge is -2.09. The zero-order valence-corrected chi connectivity index (χ0v) is 9.11. The zero-order chi connectivity index (χ0) is 11.4. The van der Waals surface area contributed by atoms with E-state index in [4.69, 9.17) is 4.74 Å². The van der Waals surface area contributed by atoms with Gasteiger partial charge < -0.3 is 4.74 Å². The number of ether oxygens (including phenoxy) is 1. The molecule has 3 nitrogen and oxygen atoms in total. The Labute approximate surface area is 89.1 Å². The summed E-state index contributed by atoms with van der Waals surface area (Å²) in [5.41, 5.74) is 0.437. The van der Waals surface area contributed by atoms with Crippen molar-refractivity contribution in [2.45, 2.75) is 20.8 Å². The second-order valence-electron chi connectivity index (χ2n) is 3.63. The van der Waals surface area contributed by atoms with Crippen LogP contribution in [0.3, 0.4) is 0 Å². The molecule has 0 amide bonds. The third-order valence-corrected chi connectivity index (χ3v) is 1.95. The van der Waals surface area contributed by atoms with Crippen LogP contribution in [0.1, 0.15) is 31.1 Å². The number of hydrogen-bond donors (Lipinski definition) is 0. The lowest BCUT2D eigenvalue weighted by atomic mass is 10.1. The van der Waals surface area contributed by atoms with Crippen LogP contribution >= 0.6 is 0 Å². The van der Waals surface area contributed by atoms with Crippen molar-refractivity contribution < 1.29 is 14.3 Å². The largest absolute Gasteiger partial charge is 0.426 e. The van der Waals surface area contributed by atoms with Gasteiger partial charge in [-0.2, -0.15) is 0 Å². The van der Waals surface area contributed by atoms with Crippen LogP contribution in [-0.2, 0) is 4.79 Å². The van der Waals surface area contributed by atoms with Crippen LogP contribution in [0.4, 0.5) is 0 Å². The molecule has 1 aromatic rings. The number of carbonyl (C=O) groups is 2. The lowest BCUT2D eigenvalue weighted by molar-refractivity contribution is -0.137. The highest BCUT2D eigenvalue weighted by molar-refractivity contribution is 5.97. The van der Waals surface area contributed by atoms with Gasteiger partial charge in [0.05, 0.1) is 11.5 Å². The van der Waals surface area contributed by atoms with Gasteiger partial charge in [0.1, 0.15) is 5.75 Å². The predicted octanol–water partition coefficient (Wildman–Crippen LogP) is 2.45. The molecule has 0 unspecified atom stereocenters. The molecule has 1 aromatic carbocycles. The van der Waals surface area contributed by atoms with Gasteiger partial charge in [0.2, 0.25) is 0 Å². The third kappa shape index (κ3) is 2.91. The van der Waals surface area contributed by atoms with Crippen LogP contribution < -0.4 is 4.74 Å². The molecule has 0 aliphatic rings. The molecule has 0 aliphatic heterocycles. The lowest BCUT2D eigenvalue weighted by Crippen LogP contribution is -2.16. The summed E-state index contributed by atoms with van der Waals surface area (Å²) in [6.07, 6.45) is 0. The van der Waals surface area contributed by atoms with Crippen molar-refractivity contribution in [3.63, 3.8) is 0 Å². The number of para-hydroxylation sites is 1. The van der Waals surface area contributed by atoms with Crippen LogP contribution in [-0.4, -0.2) is 11.8 Å². The molecule has 0 saturated carbocycles. The van der Waals surface area contributed by atoms with Crippen molar-refractivity contribution in [2.24, 2.45) is 5.92 Å². The van der Waals surface area contributed by atoms with Gasteiger partial charge in [-0.05, 0) is 19.1 Å². The normalized spacial score (nSPS) is 10.1. The van der Waals surface area contributed by atoms with Crippen molar-refractivity contribution in [1.82, 2.24) is 0 Å². The van der Waals surface area contributed by atoms with Crippen LogP contribution in [0, 0.1) is 5.92 Å².